The molecular formula is C7H9BrClNO2S2. The van der Waals surface area contributed by atoms with Crippen LogP contribution in [0.15, 0.2) is 8.81 Å². The lowest BCUT2D eigenvalue weighted by molar-refractivity contribution is 0.611. The van der Waals surface area contributed by atoms with Crippen molar-refractivity contribution in [1.29, 1.82) is 0 Å². The molecule has 0 saturated heterocycles. The highest BCUT2D eigenvalue weighted by Crippen LogP contribution is 2.31. The molecule has 0 N–H and O–H groups in total. The molecule has 0 saturated carbocycles. The van der Waals surface area contributed by atoms with Gasteiger partial charge in [-0.15, -0.1) is 11.3 Å². The Morgan fingerprint density at radius 3 is 2.50 bits per heavy atom. The Hall–Kier alpha value is 0.350. The van der Waals surface area contributed by atoms with Crippen LogP contribution in [0.2, 0.25) is 0 Å². The van der Waals surface area contributed by atoms with Gasteiger partial charge in [0.15, 0.2) is 4.21 Å². The summed E-state index contributed by atoms with van der Waals surface area (Å²) in [4.78, 5) is 4.09. The van der Waals surface area contributed by atoms with Crippen LogP contribution < -0.4 is 0 Å². The van der Waals surface area contributed by atoms with E-state index in [1.807, 2.05) is 13.8 Å². The van der Waals surface area contributed by atoms with E-state index in [1.165, 1.54) is 0 Å². The van der Waals surface area contributed by atoms with Crippen molar-refractivity contribution in [3.8, 4) is 0 Å². The molecule has 0 atom stereocenters. The fraction of sp³-hybridized carbons (Fsp3) is 0.571. The Labute approximate surface area is 100 Å². The molecule has 14 heavy (non-hydrogen) atoms. The summed E-state index contributed by atoms with van der Waals surface area (Å²) in [7, 11) is 1.56. The second-order valence-corrected chi connectivity index (χ2v) is 7.82. The first kappa shape index (κ1) is 12.4. The summed E-state index contributed by atoms with van der Waals surface area (Å²) in [5.41, 5.74) is 0. The Bertz CT molecular complexity index is 427. The van der Waals surface area contributed by atoms with Gasteiger partial charge in [-0.3, -0.25) is 0 Å². The molecule has 3 nitrogen and oxygen atoms in total. The zero-order valence-corrected chi connectivity index (χ0v) is 11.6. The molecule has 0 aliphatic carbocycles. The normalized spacial score (nSPS) is 12.4. The first-order chi connectivity index (χ1) is 6.30. The summed E-state index contributed by atoms with van der Waals surface area (Å²) >= 11 is 4.20. The fourth-order valence-electron chi connectivity index (χ4n) is 0.914. The molecule has 0 spiro atoms. The number of halogens is 2. The Balaban J connectivity index is 3.06. The van der Waals surface area contributed by atoms with Crippen molar-refractivity contribution in [3.05, 3.63) is 9.61 Å². The van der Waals surface area contributed by atoms with Gasteiger partial charge in [0, 0.05) is 17.1 Å². The Morgan fingerprint density at radius 2 is 2.14 bits per heavy atom. The van der Waals surface area contributed by atoms with Gasteiger partial charge in [-0.2, -0.15) is 0 Å². The SMILES string of the molecule is CC(C)Cc1nc(Br)c(S(=O)(=O)Cl)s1. The average Bonchev–Trinajstić information content (AvgIpc) is 2.27. The van der Waals surface area contributed by atoms with Crippen LogP contribution in [0.3, 0.4) is 0 Å². The molecule has 0 aromatic carbocycles. The second kappa shape index (κ2) is 4.47. The average molecular weight is 319 g/mol. The number of aromatic nitrogens is 1. The Kier molecular flexibility index (Phi) is 3.96. The molecule has 1 rings (SSSR count). The lowest BCUT2D eigenvalue weighted by Gasteiger charge is -1.97. The summed E-state index contributed by atoms with van der Waals surface area (Å²) in [6.45, 7) is 4.09. The van der Waals surface area contributed by atoms with Gasteiger partial charge < -0.3 is 0 Å². The van der Waals surface area contributed by atoms with Crippen LogP contribution >= 0.6 is 37.9 Å². The fourth-order valence-corrected chi connectivity index (χ4v) is 4.74. The molecule has 1 heterocycles. The number of hydrogen-bond acceptors (Lipinski definition) is 4. The van der Waals surface area contributed by atoms with E-state index in [0.717, 1.165) is 22.8 Å². The van der Waals surface area contributed by atoms with Crippen LogP contribution in [0.1, 0.15) is 18.9 Å². The molecule has 0 aliphatic heterocycles. The molecule has 0 unspecified atom stereocenters. The van der Waals surface area contributed by atoms with Crippen molar-refractivity contribution < 1.29 is 8.42 Å². The van der Waals surface area contributed by atoms with Gasteiger partial charge in [-0.1, -0.05) is 13.8 Å². The van der Waals surface area contributed by atoms with Crippen molar-refractivity contribution >= 4 is 47.0 Å². The zero-order valence-electron chi connectivity index (χ0n) is 7.62. The van der Waals surface area contributed by atoms with Gasteiger partial charge in [0.05, 0.1) is 5.01 Å². The maximum atomic E-state index is 11.1. The van der Waals surface area contributed by atoms with Gasteiger partial charge in [-0.25, -0.2) is 13.4 Å². The van der Waals surface area contributed by atoms with E-state index in [4.69, 9.17) is 10.7 Å². The van der Waals surface area contributed by atoms with E-state index in [2.05, 4.69) is 20.9 Å². The number of rotatable bonds is 3. The Morgan fingerprint density at radius 1 is 1.57 bits per heavy atom. The molecule has 0 aliphatic rings. The van der Waals surface area contributed by atoms with Crippen molar-refractivity contribution in [2.24, 2.45) is 5.92 Å². The maximum Gasteiger partial charge on any atom is 0.273 e. The molecular weight excluding hydrogens is 310 g/mol. The summed E-state index contributed by atoms with van der Waals surface area (Å²) in [5, 5.41) is 0.783. The third-order valence-corrected chi connectivity index (χ3v) is 5.66. The third-order valence-electron chi connectivity index (χ3n) is 1.41. The highest BCUT2D eigenvalue weighted by molar-refractivity contribution is 9.10. The number of thiazole rings is 1. The lowest BCUT2D eigenvalue weighted by Crippen LogP contribution is -1.91. The van der Waals surface area contributed by atoms with Crippen LogP contribution in [-0.4, -0.2) is 13.4 Å². The number of hydrogen-bond donors (Lipinski definition) is 0. The molecule has 0 bridgehead atoms. The van der Waals surface area contributed by atoms with Crippen molar-refractivity contribution in [2.75, 3.05) is 0 Å². The first-order valence-electron chi connectivity index (χ1n) is 3.90. The monoisotopic (exact) mass is 317 g/mol. The van der Waals surface area contributed by atoms with Crippen molar-refractivity contribution in [3.63, 3.8) is 0 Å². The standard InChI is InChI=1S/C7H9BrClNO2S2/c1-4(2)3-5-10-6(8)7(13-5)14(9,11)12/h4H,3H2,1-2H3. The van der Waals surface area contributed by atoms with Crippen LogP contribution in [0.5, 0.6) is 0 Å². The van der Waals surface area contributed by atoms with Gasteiger partial charge >= 0.3 is 0 Å². The molecule has 1 aromatic heterocycles. The van der Waals surface area contributed by atoms with Crippen LogP contribution in [-0.2, 0) is 15.5 Å². The minimum absolute atomic E-state index is 0.0924. The minimum atomic E-state index is -3.67. The van der Waals surface area contributed by atoms with E-state index in [9.17, 15) is 8.42 Å². The lowest BCUT2D eigenvalue weighted by atomic mass is 10.1. The highest BCUT2D eigenvalue weighted by Gasteiger charge is 2.20. The zero-order chi connectivity index (χ0) is 10.9. The highest BCUT2D eigenvalue weighted by atomic mass is 79.9. The largest absolute Gasteiger partial charge is 0.273 e. The van der Waals surface area contributed by atoms with E-state index in [1.54, 1.807) is 0 Å². The summed E-state index contributed by atoms with van der Waals surface area (Å²) in [5.74, 6) is 0.443. The van der Waals surface area contributed by atoms with E-state index in [-0.39, 0.29) is 4.21 Å². The topological polar surface area (TPSA) is 47.0 Å². The van der Waals surface area contributed by atoms with Gasteiger partial charge in [0.2, 0.25) is 0 Å². The summed E-state index contributed by atoms with van der Waals surface area (Å²) in [6.07, 6.45) is 0.760. The molecule has 7 heteroatoms. The third kappa shape index (κ3) is 3.18. The van der Waals surface area contributed by atoms with E-state index >= 15 is 0 Å². The first-order valence-corrected chi connectivity index (χ1v) is 7.82. The predicted molar refractivity (Wildman–Crippen MR) is 61.4 cm³/mol. The van der Waals surface area contributed by atoms with Gasteiger partial charge in [-0.05, 0) is 21.8 Å². The van der Waals surface area contributed by atoms with Crippen LogP contribution in [0, 0.1) is 5.92 Å². The second-order valence-electron chi connectivity index (χ2n) is 3.22. The molecule has 0 fully saturated rings. The summed E-state index contributed by atoms with van der Waals surface area (Å²) < 4.78 is 22.5. The van der Waals surface area contributed by atoms with E-state index in [0.29, 0.717) is 10.5 Å². The van der Waals surface area contributed by atoms with Crippen molar-refractivity contribution in [1.82, 2.24) is 4.98 Å². The van der Waals surface area contributed by atoms with Crippen LogP contribution in [0.25, 0.3) is 0 Å². The smallest absolute Gasteiger partial charge is 0.233 e. The summed E-state index contributed by atoms with van der Waals surface area (Å²) in [6, 6.07) is 0. The maximum absolute atomic E-state index is 11.1. The van der Waals surface area contributed by atoms with E-state index < -0.39 is 9.05 Å². The van der Waals surface area contributed by atoms with Gasteiger partial charge in [0.25, 0.3) is 9.05 Å². The molecule has 0 radical (unpaired) electrons. The molecule has 0 amide bonds. The quantitative estimate of drug-likeness (QED) is 0.805. The number of nitrogens with zero attached hydrogens (tertiary/aromatic N) is 1. The van der Waals surface area contributed by atoms with Crippen molar-refractivity contribution in [2.45, 2.75) is 24.5 Å². The molecule has 1 aromatic rings. The van der Waals surface area contributed by atoms with Gasteiger partial charge in [0.1, 0.15) is 4.60 Å². The predicted octanol–water partition coefficient (Wildman–Crippen LogP) is 3.03. The minimum Gasteiger partial charge on any atom is -0.233 e. The molecule has 80 valence electrons. The van der Waals surface area contributed by atoms with Crippen LogP contribution in [0.4, 0.5) is 0 Å².